The van der Waals surface area contributed by atoms with Gasteiger partial charge in [0.05, 0.1) is 27.9 Å². The van der Waals surface area contributed by atoms with Crippen LogP contribution in [0.3, 0.4) is 0 Å². The van der Waals surface area contributed by atoms with Gasteiger partial charge in [-0.3, -0.25) is 4.98 Å². The number of nitrogens with zero attached hydrogens (tertiary/aromatic N) is 3. The summed E-state index contributed by atoms with van der Waals surface area (Å²) in [5, 5.41) is 8.09. The topological polar surface area (TPSA) is 38.7 Å². The monoisotopic (exact) mass is 559 g/mol. The Balaban J connectivity index is 1.12. The van der Waals surface area contributed by atoms with Crippen LogP contribution in [0.15, 0.2) is 152 Å². The van der Waals surface area contributed by atoms with Crippen molar-refractivity contribution in [3.63, 3.8) is 0 Å². The summed E-state index contributed by atoms with van der Waals surface area (Å²) < 4.78 is 0. The minimum absolute atomic E-state index is 0.959. The highest BCUT2D eigenvalue weighted by molar-refractivity contribution is 6.12. The molecule has 0 aliphatic rings. The fourth-order valence-corrected chi connectivity index (χ4v) is 6.48. The Hall–Kier alpha value is -5.93. The van der Waals surface area contributed by atoms with Crippen molar-refractivity contribution in [2.75, 3.05) is 0 Å². The maximum Gasteiger partial charge on any atom is 0.0780 e. The molecule has 0 spiro atoms. The number of pyridine rings is 3. The van der Waals surface area contributed by atoms with E-state index in [0.29, 0.717) is 0 Å². The molecule has 0 saturated heterocycles. The van der Waals surface area contributed by atoms with Crippen molar-refractivity contribution in [1.82, 2.24) is 15.0 Å². The second-order valence-electron chi connectivity index (χ2n) is 11.3. The van der Waals surface area contributed by atoms with E-state index in [4.69, 9.17) is 9.97 Å². The van der Waals surface area contributed by atoms with Crippen LogP contribution in [-0.4, -0.2) is 15.0 Å². The average Bonchev–Trinajstić information content (AvgIpc) is 3.10. The molecule has 0 aliphatic carbocycles. The van der Waals surface area contributed by atoms with Gasteiger partial charge < -0.3 is 0 Å². The third kappa shape index (κ3) is 4.02. The molecule has 0 radical (unpaired) electrons. The quantitative estimate of drug-likeness (QED) is 0.202. The van der Waals surface area contributed by atoms with E-state index in [2.05, 4.69) is 145 Å². The minimum atomic E-state index is 0.959. The molecule has 3 heteroatoms. The standard InChI is InChI=1S/C41H25N3/c1-2-10-32-26(7-1)8-5-13-34(32)38-21-18-30-23-28(17-19-37(30)43-38)29-15-14-27-16-20-39(44-40(27)25-29)36-24-31-9-6-22-42-41(31)35-12-4-3-11-33(35)36/h1-25H. The highest BCUT2D eigenvalue weighted by Gasteiger charge is 2.12. The summed E-state index contributed by atoms with van der Waals surface area (Å²) in [6.45, 7) is 0. The van der Waals surface area contributed by atoms with Crippen LogP contribution in [-0.2, 0) is 0 Å². The molecule has 0 amide bonds. The Morgan fingerprint density at radius 2 is 1.05 bits per heavy atom. The van der Waals surface area contributed by atoms with Crippen molar-refractivity contribution in [3.05, 3.63) is 152 Å². The number of rotatable bonds is 3. The molecule has 0 unspecified atom stereocenters. The molecule has 6 aromatic carbocycles. The van der Waals surface area contributed by atoms with Gasteiger partial charge in [-0.05, 0) is 69.8 Å². The molecule has 3 nitrogen and oxygen atoms in total. The first-order valence-corrected chi connectivity index (χ1v) is 14.9. The normalized spacial score (nSPS) is 11.6. The van der Waals surface area contributed by atoms with Gasteiger partial charge in [-0.1, -0.05) is 103 Å². The van der Waals surface area contributed by atoms with Crippen LogP contribution >= 0.6 is 0 Å². The fourth-order valence-electron chi connectivity index (χ4n) is 6.48. The lowest BCUT2D eigenvalue weighted by molar-refractivity contribution is 1.40. The lowest BCUT2D eigenvalue weighted by atomic mass is 9.97. The van der Waals surface area contributed by atoms with E-state index in [9.17, 15) is 0 Å². The Morgan fingerprint density at radius 1 is 0.364 bits per heavy atom. The van der Waals surface area contributed by atoms with Crippen molar-refractivity contribution in [2.24, 2.45) is 0 Å². The van der Waals surface area contributed by atoms with Crippen LogP contribution < -0.4 is 0 Å². The second-order valence-corrected chi connectivity index (χ2v) is 11.3. The highest BCUT2D eigenvalue weighted by atomic mass is 14.7. The summed E-state index contributed by atoms with van der Waals surface area (Å²) in [5.41, 5.74) is 9.47. The highest BCUT2D eigenvalue weighted by Crippen LogP contribution is 2.35. The van der Waals surface area contributed by atoms with Crippen molar-refractivity contribution in [3.8, 4) is 33.6 Å². The van der Waals surface area contributed by atoms with Crippen LogP contribution in [0.5, 0.6) is 0 Å². The predicted molar refractivity (Wildman–Crippen MR) is 184 cm³/mol. The smallest absolute Gasteiger partial charge is 0.0780 e. The molecule has 9 rings (SSSR count). The summed E-state index contributed by atoms with van der Waals surface area (Å²) in [6.07, 6.45) is 1.86. The summed E-state index contributed by atoms with van der Waals surface area (Å²) in [7, 11) is 0. The van der Waals surface area contributed by atoms with Gasteiger partial charge in [0.1, 0.15) is 0 Å². The molecule has 9 aromatic rings. The molecule has 0 atom stereocenters. The van der Waals surface area contributed by atoms with Gasteiger partial charge >= 0.3 is 0 Å². The lowest BCUT2D eigenvalue weighted by Crippen LogP contribution is -1.90. The van der Waals surface area contributed by atoms with E-state index >= 15 is 0 Å². The summed E-state index contributed by atoms with van der Waals surface area (Å²) in [4.78, 5) is 14.9. The number of fused-ring (bicyclic) bond motifs is 6. The zero-order valence-corrected chi connectivity index (χ0v) is 23.8. The third-order valence-electron chi connectivity index (χ3n) is 8.67. The number of benzene rings is 6. The summed E-state index contributed by atoms with van der Waals surface area (Å²) in [6, 6.07) is 51.3. The maximum atomic E-state index is 5.19. The van der Waals surface area contributed by atoms with Crippen molar-refractivity contribution < 1.29 is 0 Å². The zero-order valence-electron chi connectivity index (χ0n) is 23.8. The Kier molecular flexibility index (Phi) is 5.50. The van der Waals surface area contributed by atoms with E-state index in [-0.39, 0.29) is 0 Å². The largest absolute Gasteiger partial charge is 0.256 e. The van der Waals surface area contributed by atoms with Gasteiger partial charge in [-0.25, -0.2) is 9.97 Å². The minimum Gasteiger partial charge on any atom is -0.256 e. The Bertz CT molecular complexity index is 2560. The third-order valence-corrected chi connectivity index (χ3v) is 8.67. The van der Waals surface area contributed by atoms with Crippen LogP contribution in [0.2, 0.25) is 0 Å². The number of hydrogen-bond donors (Lipinski definition) is 0. The fraction of sp³-hybridized carbons (Fsp3) is 0. The van der Waals surface area contributed by atoms with Gasteiger partial charge in [-0.2, -0.15) is 0 Å². The number of aromatic nitrogens is 3. The van der Waals surface area contributed by atoms with Gasteiger partial charge in [-0.15, -0.1) is 0 Å². The maximum absolute atomic E-state index is 5.19. The first-order chi connectivity index (χ1) is 21.8. The first-order valence-electron chi connectivity index (χ1n) is 14.9. The van der Waals surface area contributed by atoms with Crippen LogP contribution in [0.1, 0.15) is 0 Å². The van der Waals surface area contributed by atoms with Crippen molar-refractivity contribution in [1.29, 1.82) is 0 Å². The van der Waals surface area contributed by atoms with Gasteiger partial charge in [0.15, 0.2) is 0 Å². The molecule has 0 bridgehead atoms. The molecule has 0 N–H and O–H groups in total. The lowest BCUT2D eigenvalue weighted by Gasteiger charge is -2.11. The van der Waals surface area contributed by atoms with E-state index in [1.165, 1.54) is 10.8 Å². The first kappa shape index (κ1) is 24.6. The molecule has 0 fully saturated rings. The Labute approximate surface area is 254 Å². The molecule has 44 heavy (non-hydrogen) atoms. The van der Waals surface area contributed by atoms with Gasteiger partial charge in [0, 0.05) is 38.9 Å². The van der Waals surface area contributed by atoms with Crippen molar-refractivity contribution in [2.45, 2.75) is 0 Å². The SMILES string of the molecule is c1ccc2c(-c3ccc4cc(-c5ccc6ccc(-c7cc8cccnc8c8ccccc78)nc6c5)ccc4n3)cccc2c1. The molecule has 0 saturated carbocycles. The van der Waals surface area contributed by atoms with E-state index in [1.54, 1.807) is 0 Å². The predicted octanol–water partition coefficient (Wildman–Crippen LogP) is 10.6. The summed E-state index contributed by atoms with van der Waals surface area (Å²) >= 11 is 0. The molecule has 3 aromatic heterocycles. The van der Waals surface area contributed by atoms with Crippen molar-refractivity contribution >= 4 is 54.3 Å². The van der Waals surface area contributed by atoms with Crippen LogP contribution in [0.4, 0.5) is 0 Å². The molecule has 3 heterocycles. The molecule has 204 valence electrons. The van der Waals surface area contributed by atoms with Crippen LogP contribution in [0.25, 0.3) is 87.9 Å². The van der Waals surface area contributed by atoms with Gasteiger partial charge in [0.25, 0.3) is 0 Å². The average molecular weight is 560 g/mol. The number of hydrogen-bond acceptors (Lipinski definition) is 3. The molecule has 0 aliphatic heterocycles. The zero-order chi connectivity index (χ0) is 29.0. The second kappa shape index (κ2) is 9.82. The van der Waals surface area contributed by atoms with Crippen LogP contribution in [0, 0.1) is 0 Å². The molecular weight excluding hydrogens is 534 g/mol. The van der Waals surface area contributed by atoms with E-state index in [0.717, 1.165) is 77.1 Å². The molecular formula is C41H25N3. The van der Waals surface area contributed by atoms with E-state index < -0.39 is 0 Å². The van der Waals surface area contributed by atoms with E-state index in [1.807, 2.05) is 12.3 Å². The summed E-state index contributed by atoms with van der Waals surface area (Å²) in [5.74, 6) is 0. The van der Waals surface area contributed by atoms with Gasteiger partial charge in [0.2, 0.25) is 0 Å². The Morgan fingerprint density at radius 3 is 1.98 bits per heavy atom.